The van der Waals surface area contributed by atoms with Crippen molar-refractivity contribution < 1.29 is 18.3 Å². The van der Waals surface area contributed by atoms with Crippen molar-refractivity contribution in [3.8, 4) is 5.75 Å². The molecule has 0 bridgehead atoms. The SMILES string of the molecule is O=C(Cc1ccncc1)N1N=C(C2=CC(F)CC=C2F)SC12CCOc1ccccc12. The van der Waals surface area contributed by atoms with E-state index in [-0.39, 0.29) is 24.3 Å². The Labute approximate surface area is 182 Å². The summed E-state index contributed by atoms with van der Waals surface area (Å²) >= 11 is 1.28. The van der Waals surface area contributed by atoms with E-state index in [4.69, 9.17) is 4.74 Å². The second-order valence-corrected chi connectivity index (χ2v) is 8.77. The molecule has 2 aromatic rings. The average molecular weight is 439 g/mol. The third kappa shape index (κ3) is 3.54. The zero-order chi connectivity index (χ0) is 21.4. The number of benzene rings is 1. The molecular formula is C23H19F2N3O2S. The van der Waals surface area contributed by atoms with E-state index in [2.05, 4.69) is 10.1 Å². The van der Waals surface area contributed by atoms with E-state index in [1.807, 2.05) is 24.3 Å². The van der Waals surface area contributed by atoms with E-state index < -0.39 is 16.9 Å². The van der Waals surface area contributed by atoms with Crippen LogP contribution in [0.2, 0.25) is 0 Å². The van der Waals surface area contributed by atoms with Gasteiger partial charge in [0.2, 0.25) is 5.91 Å². The lowest BCUT2D eigenvalue weighted by atomic mass is 9.98. The van der Waals surface area contributed by atoms with Crippen LogP contribution in [-0.2, 0) is 16.1 Å². The average Bonchev–Trinajstić information content (AvgIpc) is 3.16. The van der Waals surface area contributed by atoms with Crippen molar-refractivity contribution in [2.24, 2.45) is 5.10 Å². The summed E-state index contributed by atoms with van der Waals surface area (Å²) in [6, 6.07) is 11.0. The van der Waals surface area contributed by atoms with Crippen LogP contribution in [0.5, 0.6) is 5.75 Å². The number of pyridine rings is 1. The number of hydrazone groups is 1. The van der Waals surface area contributed by atoms with E-state index in [0.717, 1.165) is 11.1 Å². The molecule has 5 nitrogen and oxygen atoms in total. The summed E-state index contributed by atoms with van der Waals surface area (Å²) in [5.74, 6) is -0.0847. The van der Waals surface area contributed by atoms with Crippen LogP contribution in [0.4, 0.5) is 8.78 Å². The summed E-state index contributed by atoms with van der Waals surface area (Å²) in [4.78, 5) is 16.5. The summed E-state index contributed by atoms with van der Waals surface area (Å²) in [5, 5.41) is 6.28. The molecule has 31 heavy (non-hydrogen) atoms. The molecule has 0 N–H and O–H groups in total. The van der Waals surface area contributed by atoms with Gasteiger partial charge in [0, 0.05) is 36.4 Å². The Morgan fingerprint density at radius 3 is 2.90 bits per heavy atom. The molecule has 1 spiro atoms. The van der Waals surface area contributed by atoms with Gasteiger partial charge in [-0.25, -0.2) is 13.8 Å². The highest BCUT2D eigenvalue weighted by atomic mass is 32.2. The fourth-order valence-electron chi connectivity index (χ4n) is 4.01. The van der Waals surface area contributed by atoms with Crippen LogP contribution in [0.15, 0.2) is 77.4 Å². The van der Waals surface area contributed by atoms with E-state index in [9.17, 15) is 13.6 Å². The Balaban J connectivity index is 1.58. The number of thioether (sulfide) groups is 1. The van der Waals surface area contributed by atoms with Crippen molar-refractivity contribution in [3.05, 3.63) is 83.5 Å². The molecule has 1 aliphatic carbocycles. The fraction of sp³-hybridized carbons (Fsp3) is 0.261. The number of amides is 1. The van der Waals surface area contributed by atoms with Crippen molar-refractivity contribution >= 4 is 22.7 Å². The van der Waals surface area contributed by atoms with Gasteiger partial charge >= 0.3 is 0 Å². The standard InChI is InChI=1S/C23H19F2N3O2S/c24-16-5-6-19(25)17(14-16)22-27-28(21(29)13-15-7-10-26-11-8-15)23(31-22)9-12-30-20-4-2-1-3-18(20)23/h1-4,6-8,10-11,14,16H,5,9,12-13H2. The zero-order valence-electron chi connectivity index (χ0n) is 16.5. The topological polar surface area (TPSA) is 54.8 Å². The molecule has 1 aromatic carbocycles. The minimum Gasteiger partial charge on any atom is -0.493 e. The van der Waals surface area contributed by atoms with Crippen molar-refractivity contribution in [1.82, 2.24) is 9.99 Å². The molecule has 0 saturated heterocycles. The van der Waals surface area contributed by atoms with Crippen molar-refractivity contribution in [3.63, 3.8) is 0 Å². The van der Waals surface area contributed by atoms with Crippen LogP contribution in [0.3, 0.4) is 0 Å². The van der Waals surface area contributed by atoms with Gasteiger partial charge in [-0.05, 0) is 35.9 Å². The number of alkyl halides is 1. The van der Waals surface area contributed by atoms with Crippen LogP contribution >= 0.6 is 11.8 Å². The Bertz CT molecular complexity index is 1120. The number of carbonyl (C=O) groups excluding carboxylic acids is 1. The summed E-state index contributed by atoms with van der Waals surface area (Å²) in [5.41, 5.74) is 1.70. The van der Waals surface area contributed by atoms with Crippen LogP contribution < -0.4 is 4.74 Å². The summed E-state index contributed by atoms with van der Waals surface area (Å²) in [7, 11) is 0. The Hall–Kier alpha value is -3.00. The lowest BCUT2D eigenvalue weighted by molar-refractivity contribution is -0.134. The first kappa shape index (κ1) is 19.9. The van der Waals surface area contributed by atoms with Gasteiger partial charge in [0.1, 0.15) is 27.7 Å². The lowest BCUT2D eigenvalue weighted by Crippen LogP contribution is -2.45. The van der Waals surface area contributed by atoms with Crippen LogP contribution in [-0.4, -0.2) is 33.7 Å². The molecule has 0 saturated carbocycles. The smallest absolute Gasteiger partial charge is 0.248 e. The molecule has 8 heteroatoms. The van der Waals surface area contributed by atoms with Gasteiger partial charge in [-0.3, -0.25) is 9.78 Å². The maximum Gasteiger partial charge on any atom is 0.248 e. The number of hydrogen-bond acceptors (Lipinski definition) is 5. The second-order valence-electron chi connectivity index (χ2n) is 7.51. The molecule has 0 radical (unpaired) electrons. The molecule has 1 amide bonds. The first-order chi connectivity index (χ1) is 15.1. The van der Waals surface area contributed by atoms with Gasteiger partial charge in [-0.1, -0.05) is 30.0 Å². The number of halogens is 2. The maximum atomic E-state index is 14.6. The normalized spacial score (nSPS) is 24.8. The molecule has 3 aliphatic rings. The van der Waals surface area contributed by atoms with Gasteiger partial charge in [0.15, 0.2) is 0 Å². The van der Waals surface area contributed by atoms with Gasteiger partial charge < -0.3 is 4.74 Å². The number of aromatic nitrogens is 1. The summed E-state index contributed by atoms with van der Waals surface area (Å²) in [6.07, 6.45) is 5.05. The number of carbonyl (C=O) groups is 1. The third-order valence-electron chi connectivity index (χ3n) is 5.50. The number of fused-ring (bicyclic) bond motifs is 2. The Morgan fingerprint density at radius 1 is 1.26 bits per heavy atom. The molecule has 158 valence electrons. The van der Waals surface area contributed by atoms with E-state index in [1.165, 1.54) is 28.9 Å². The zero-order valence-corrected chi connectivity index (χ0v) is 17.3. The highest BCUT2D eigenvalue weighted by Gasteiger charge is 2.52. The van der Waals surface area contributed by atoms with Gasteiger partial charge in [-0.2, -0.15) is 5.10 Å². The summed E-state index contributed by atoms with van der Waals surface area (Å²) in [6.45, 7) is 0.384. The van der Waals surface area contributed by atoms with Crippen molar-refractivity contribution in [2.45, 2.75) is 30.3 Å². The third-order valence-corrected chi connectivity index (χ3v) is 6.93. The number of ether oxygens (including phenoxy) is 1. The lowest BCUT2D eigenvalue weighted by Gasteiger charge is -2.39. The summed E-state index contributed by atoms with van der Waals surface area (Å²) < 4.78 is 34.4. The maximum absolute atomic E-state index is 14.6. The van der Waals surface area contributed by atoms with E-state index in [1.54, 1.807) is 24.5 Å². The van der Waals surface area contributed by atoms with Gasteiger partial charge in [0.25, 0.3) is 0 Å². The number of hydrogen-bond donors (Lipinski definition) is 0. The molecule has 5 rings (SSSR count). The molecule has 2 aliphatic heterocycles. The highest BCUT2D eigenvalue weighted by Crippen LogP contribution is 2.55. The van der Waals surface area contributed by atoms with Gasteiger partial charge in [0.05, 0.1) is 13.0 Å². The Morgan fingerprint density at radius 2 is 2.06 bits per heavy atom. The molecular weight excluding hydrogens is 420 g/mol. The van der Waals surface area contributed by atoms with Crippen LogP contribution in [0, 0.1) is 0 Å². The fourth-order valence-corrected chi connectivity index (χ4v) is 5.43. The molecule has 1 aromatic heterocycles. The van der Waals surface area contributed by atoms with E-state index in [0.29, 0.717) is 23.8 Å². The quantitative estimate of drug-likeness (QED) is 0.698. The number of nitrogens with zero attached hydrogens (tertiary/aromatic N) is 3. The van der Waals surface area contributed by atoms with Crippen molar-refractivity contribution in [1.29, 1.82) is 0 Å². The molecule has 2 atom stereocenters. The minimum atomic E-state index is -1.28. The molecule has 3 heterocycles. The van der Waals surface area contributed by atoms with Crippen LogP contribution in [0.25, 0.3) is 0 Å². The van der Waals surface area contributed by atoms with Crippen LogP contribution in [0.1, 0.15) is 24.0 Å². The minimum absolute atomic E-state index is 0.000214. The Kier molecular flexibility index (Phi) is 5.09. The highest BCUT2D eigenvalue weighted by molar-refractivity contribution is 8.15. The largest absolute Gasteiger partial charge is 0.493 e. The predicted molar refractivity (Wildman–Crippen MR) is 115 cm³/mol. The molecule has 2 unspecified atom stereocenters. The number of rotatable bonds is 3. The predicted octanol–water partition coefficient (Wildman–Crippen LogP) is 4.67. The molecule has 0 fully saturated rings. The number of para-hydroxylation sites is 1. The van der Waals surface area contributed by atoms with E-state index >= 15 is 0 Å². The van der Waals surface area contributed by atoms with Crippen molar-refractivity contribution in [2.75, 3.05) is 6.61 Å². The van der Waals surface area contributed by atoms with Gasteiger partial charge in [-0.15, -0.1) is 0 Å². The number of allylic oxidation sites excluding steroid dienone is 3. The first-order valence-corrected chi connectivity index (χ1v) is 10.8. The first-order valence-electron chi connectivity index (χ1n) is 10.0. The second kappa shape index (κ2) is 7.92. The monoisotopic (exact) mass is 439 g/mol.